The largest absolute Gasteiger partial charge is 0.492 e. The van der Waals surface area contributed by atoms with Gasteiger partial charge in [0.2, 0.25) is 0 Å². The first-order valence-corrected chi connectivity index (χ1v) is 11.3. The summed E-state index contributed by atoms with van der Waals surface area (Å²) in [5.41, 5.74) is 3.38. The van der Waals surface area contributed by atoms with Crippen LogP contribution in [0.25, 0.3) is 11.1 Å². The van der Waals surface area contributed by atoms with E-state index in [1.165, 1.54) is 0 Å². The number of benzene rings is 3. The number of rotatable bonds is 9. The first-order chi connectivity index (χ1) is 15.5. The third-order valence-electron chi connectivity index (χ3n) is 5.25. The first-order valence-electron chi connectivity index (χ1n) is 10.3. The van der Waals surface area contributed by atoms with E-state index in [2.05, 4.69) is 27.6 Å². The Balaban J connectivity index is 1.33. The number of ether oxygens (including phenoxy) is 1. The summed E-state index contributed by atoms with van der Waals surface area (Å²) in [6.07, 6.45) is 0.427. The highest BCUT2D eigenvalue weighted by Crippen LogP contribution is 2.27. The molecule has 1 atom stereocenters. The van der Waals surface area contributed by atoms with Crippen LogP contribution in [-0.4, -0.2) is 36.3 Å². The molecule has 0 aliphatic heterocycles. The maximum absolute atomic E-state index is 11.9. The maximum atomic E-state index is 11.9. The lowest BCUT2D eigenvalue weighted by Gasteiger charge is -2.16. The van der Waals surface area contributed by atoms with E-state index in [0.29, 0.717) is 25.6 Å². The molecule has 4 rings (SSSR count). The van der Waals surface area contributed by atoms with Gasteiger partial charge in [-0.25, -0.2) is 0 Å². The molecule has 0 amide bonds. The van der Waals surface area contributed by atoms with E-state index in [4.69, 9.17) is 9.15 Å². The van der Waals surface area contributed by atoms with Gasteiger partial charge in [0.1, 0.15) is 17.9 Å². The molecule has 1 heterocycles. The molecule has 0 spiro atoms. The van der Waals surface area contributed by atoms with E-state index in [1.807, 2.05) is 84.7 Å². The molecule has 7 heteroatoms. The molecule has 0 saturated heterocycles. The fourth-order valence-corrected chi connectivity index (χ4v) is 4.23. The topological polar surface area (TPSA) is 75.8 Å². The van der Waals surface area contributed by atoms with Crippen molar-refractivity contribution in [3.05, 3.63) is 87.5 Å². The zero-order chi connectivity index (χ0) is 22.5. The fourth-order valence-electron chi connectivity index (χ4n) is 3.46. The van der Waals surface area contributed by atoms with Crippen molar-refractivity contribution in [2.75, 3.05) is 25.1 Å². The Morgan fingerprint density at radius 2 is 1.81 bits per heavy atom. The van der Waals surface area contributed by atoms with Crippen LogP contribution in [0.3, 0.4) is 0 Å². The Bertz CT molecular complexity index is 1170. The van der Waals surface area contributed by atoms with E-state index >= 15 is 0 Å². The molecule has 6 nitrogen and oxygen atoms in total. The Morgan fingerprint density at radius 1 is 1.09 bits per heavy atom. The molecule has 0 radical (unpaired) electrons. The molecule has 0 aliphatic carbocycles. The van der Waals surface area contributed by atoms with Gasteiger partial charge in [0.05, 0.1) is 12.5 Å². The number of hydrogen-bond donors (Lipinski definition) is 1. The van der Waals surface area contributed by atoms with Crippen LogP contribution in [0, 0.1) is 3.57 Å². The number of fused-ring (bicyclic) bond motifs is 1. The molecular formula is C25H23IN2O4. The van der Waals surface area contributed by atoms with Gasteiger partial charge in [0.25, 0.3) is 6.01 Å². The van der Waals surface area contributed by atoms with Gasteiger partial charge in [-0.05, 0) is 70.5 Å². The van der Waals surface area contributed by atoms with Crippen LogP contribution >= 0.6 is 22.6 Å². The van der Waals surface area contributed by atoms with Crippen molar-refractivity contribution in [3.8, 4) is 5.75 Å². The zero-order valence-electron chi connectivity index (χ0n) is 17.6. The average Bonchev–Trinajstić information content (AvgIpc) is 3.23. The minimum Gasteiger partial charge on any atom is -0.492 e. The predicted octanol–water partition coefficient (Wildman–Crippen LogP) is 5.36. The molecule has 1 N–H and O–H groups in total. The smallest absolute Gasteiger partial charge is 0.311 e. The molecule has 1 aromatic heterocycles. The molecule has 164 valence electrons. The number of halogens is 1. The molecule has 0 saturated carbocycles. The van der Waals surface area contributed by atoms with Gasteiger partial charge < -0.3 is 19.2 Å². The van der Waals surface area contributed by atoms with Gasteiger partial charge in [0, 0.05) is 10.6 Å². The number of oxazole rings is 1. The summed E-state index contributed by atoms with van der Waals surface area (Å²) < 4.78 is 12.6. The molecule has 4 aromatic rings. The maximum Gasteiger partial charge on any atom is 0.311 e. The summed E-state index contributed by atoms with van der Waals surface area (Å²) >= 11 is 2.19. The van der Waals surface area contributed by atoms with Gasteiger partial charge in [-0.15, -0.1) is 0 Å². The third kappa shape index (κ3) is 5.21. The Hall–Kier alpha value is -3.07. The second kappa shape index (κ2) is 10.0. The Kier molecular flexibility index (Phi) is 6.94. The molecule has 0 fully saturated rings. The van der Waals surface area contributed by atoms with Gasteiger partial charge in [-0.2, -0.15) is 4.98 Å². The molecule has 1 unspecified atom stereocenters. The quantitative estimate of drug-likeness (QED) is 0.287. The Morgan fingerprint density at radius 3 is 2.53 bits per heavy atom. The number of aromatic nitrogens is 1. The summed E-state index contributed by atoms with van der Waals surface area (Å²) in [5, 5.41) is 9.73. The molecule has 0 bridgehead atoms. The van der Waals surface area contributed by atoms with Crippen molar-refractivity contribution in [2.45, 2.75) is 12.3 Å². The van der Waals surface area contributed by atoms with Crippen molar-refractivity contribution >= 4 is 45.7 Å². The van der Waals surface area contributed by atoms with Crippen LogP contribution in [0.5, 0.6) is 5.75 Å². The SMILES string of the molecule is CN(CCOc1ccc(CC(C(=O)O)c2ccccc2I)cc1)c1nc2ccccc2o1. The Labute approximate surface area is 200 Å². The second-order valence-corrected chi connectivity index (χ2v) is 8.66. The lowest BCUT2D eigenvalue weighted by molar-refractivity contribution is -0.138. The highest BCUT2D eigenvalue weighted by atomic mass is 127. The predicted molar refractivity (Wildman–Crippen MR) is 132 cm³/mol. The van der Waals surface area contributed by atoms with Crippen molar-refractivity contribution in [1.29, 1.82) is 0 Å². The monoisotopic (exact) mass is 542 g/mol. The van der Waals surface area contributed by atoms with Crippen LogP contribution in [0.1, 0.15) is 17.0 Å². The number of likely N-dealkylation sites (N-methyl/N-ethyl adjacent to an activating group) is 1. The van der Waals surface area contributed by atoms with Crippen molar-refractivity contribution in [2.24, 2.45) is 0 Å². The van der Waals surface area contributed by atoms with E-state index in [1.54, 1.807) is 0 Å². The highest BCUT2D eigenvalue weighted by molar-refractivity contribution is 14.1. The number of carbonyl (C=O) groups is 1. The summed E-state index contributed by atoms with van der Waals surface area (Å²) in [7, 11) is 1.91. The fraction of sp³-hybridized carbons (Fsp3) is 0.200. The van der Waals surface area contributed by atoms with E-state index in [-0.39, 0.29) is 0 Å². The number of nitrogens with zero attached hydrogens (tertiary/aromatic N) is 2. The summed E-state index contributed by atoms with van der Waals surface area (Å²) in [6.45, 7) is 1.08. The first kappa shape index (κ1) is 22.1. The molecule has 3 aromatic carbocycles. The molecular weight excluding hydrogens is 519 g/mol. The number of para-hydroxylation sites is 2. The van der Waals surface area contributed by atoms with Crippen LogP contribution < -0.4 is 9.64 Å². The number of anilines is 1. The molecule has 0 aliphatic rings. The van der Waals surface area contributed by atoms with Gasteiger partial charge >= 0.3 is 5.97 Å². The molecule has 32 heavy (non-hydrogen) atoms. The van der Waals surface area contributed by atoms with Crippen LogP contribution in [0.2, 0.25) is 0 Å². The van der Waals surface area contributed by atoms with Crippen LogP contribution in [-0.2, 0) is 11.2 Å². The zero-order valence-corrected chi connectivity index (χ0v) is 19.7. The van der Waals surface area contributed by atoms with Gasteiger partial charge in [-0.1, -0.05) is 42.5 Å². The van der Waals surface area contributed by atoms with Crippen molar-refractivity contribution in [1.82, 2.24) is 4.98 Å². The number of carboxylic acids is 1. The van der Waals surface area contributed by atoms with Gasteiger partial charge in [-0.3, -0.25) is 4.79 Å². The van der Waals surface area contributed by atoms with Crippen LogP contribution in [0.4, 0.5) is 6.01 Å². The second-order valence-electron chi connectivity index (χ2n) is 7.49. The number of aliphatic carboxylic acids is 1. The highest BCUT2D eigenvalue weighted by Gasteiger charge is 2.22. The summed E-state index contributed by atoms with van der Waals surface area (Å²) in [6, 6.07) is 23.4. The van der Waals surface area contributed by atoms with Gasteiger partial charge in [0.15, 0.2) is 5.58 Å². The lowest BCUT2D eigenvalue weighted by atomic mass is 9.92. The van der Waals surface area contributed by atoms with Crippen molar-refractivity contribution in [3.63, 3.8) is 0 Å². The van der Waals surface area contributed by atoms with E-state index in [0.717, 1.165) is 31.5 Å². The lowest BCUT2D eigenvalue weighted by Crippen LogP contribution is -2.23. The number of hydrogen-bond acceptors (Lipinski definition) is 5. The van der Waals surface area contributed by atoms with Crippen LogP contribution in [0.15, 0.2) is 77.2 Å². The summed E-state index contributed by atoms with van der Waals surface area (Å²) in [5.74, 6) is -0.669. The normalized spacial score (nSPS) is 11.9. The summed E-state index contributed by atoms with van der Waals surface area (Å²) in [4.78, 5) is 18.2. The van der Waals surface area contributed by atoms with E-state index < -0.39 is 11.9 Å². The standard InChI is InChI=1S/C25H23IN2O4/c1-28(25-27-22-8-4-5-9-23(22)32-25)14-15-31-18-12-10-17(11-13-18)16-20(24(29)30)19-6-2-3-7-21(19)26/h2-13,20H,14-16H2,1H3,(H,29,30). The number of carboxylic acid groups (broad SMARTS) is 1. The minimum atomic E-state index is -0.823. The van der Waals surface area contributed by atoms with E-state index in [9.17, 15) is 9.90 Å². The van der Waals surface area contributed by atoms with Crippen molar-refractivity contribution < 1.29 is 19.1 Å². The minimum absolute atomic E-state index is 0.427. The third-order valence-corrected chi connectivity index (χ3v) is 6.23. The average molecular weight is 542 g/mol.